The molecule has 0 radical (unpaired) electrons. The minimum absolute atomic E-state index is 0.168. The molecule has 0 aliphatic carbocycles. The number of rotatable bonds is 8. The number of nitrogens with one attached hydrogen (secondary N) is 1. The molecular weight excluding hydrogens is 308 g/mol. The zero-order chi connectivity index (χ0) is 15.1. The van der Waals surface area contributed by atoms with Gasteiger partial charge in [0.15, 0.2) is 0 Å². The van der Waals surface area contributed by atoms with Gasteiger partial charge in [0.1, 0.15) is 0 Å². The van der Waals surface area contributed by atoms with Crippen LogP contribution in [0.4, 0.5) is 0 Å². The summed E-state index contributed by atoms with van der Waals surface area (Å²) in [5.41, 5.74) is 0.665. The van der Waals surface area contributed by atoms with Crippen LogP contribution in [0.25, 0.3) is 10.9 Å². The van der Waals surface area contributed by atoms with Crippen molar-refractivity contribution < 1.29 is 13.5 Å². The van der Waals surface area contributed by atoms with Crippen LogP contribution in [0.3, 0.4) is 0 Å². The third-order valence-corrected chi connectivity index (χ3v) is 5.47. The van der Waals surface area contributed by atoms with E-state index in [1.165, 1.54) is 0 Å². The lowest BCUT2D eigenvalue weighted by molar-refractivity contribution is 0.296. The molecule has 1 aromatic heterocycles. The van der Waals surface area contributed by atoms with Crippen LogP contribution in [0.1, 0.15) is 6.42 Å². The first-order chi connectivity index (χ1) is 10.1. The van der Waals surface area contributed by atoms with E-state index in [0.717, 1.165) is 12.2 Å². The van der Waals surface area contributed by atoms with E-state index in [1.54, 1.807) is 48.3 Å². The van der Waals surface area contributed by atoms with Crippen molar-refractivity contribution in [2.75, 3.05) is 24.7 Å². The number of aromatic nitrogens is 1. The summed E-state index contributed by atoms with van der Waals surface area (Å²) in [5, 5.41) is 9.30. The van der Waals surface area contributed by atoms with Gasteiger partial charge in [-0.05, 0) is 36.4 Å². The third-order valence-electron chi connectivity index (χ3n) is 2.88. The van der Waals surface area contributed by atoms with Crippen molar-refractivity contribution in [3.63, 3.8) is 0 Å². The van der Waals surface area contributed by atoms with Gasteiger partial charge >= 0.3 is 0 Å². The molecule has 0 spiro atoms. The largest absolute Gasteiger partial charge is 0.396 e. The van der Waals surface area contributed by atoms with Crippen LogP contribution in [0.15, 0.2) is 41.4 Å². The molecule has 0 amide bonds. The number of hydrogen-bond acceptors (Lipinski definition) is 5. The Morgan fingerprint density at radius 3 is 2.86 bits per heavy atom. The lowest BCUT2D eigenvalue weighted by atomic mass is 10.2. The number of aliphatic hydroxyl groups is 1. The van der Waals surface area contributed by atoms with Crippen LogP contribution in [-0.2, 0) is 10.0 Å². The van der Waals surface area contributed by atoms with Crippen LogP contribution in [0.2, 0.25) is 0 Å². The smallest absolute Gasteiger partial charge is 0.241 e. The molecule has 2 aromatic rings. The second-order valence-corrected chi connectivity index (χ2v) is 7.37. The van der Waals surface area contributed by atoms with Gasteiger partial charge in [-0.3, -0.25) is 4.98 Å². The molecule has 0 bridgehead atoms. The highest BCUT2D eigenvalue weighted by molar-refractivity contribution is 7.99. The molecule has 7 heteroatoms. The molecule has 114 valence electrons. The van der Waals surface area contributed by atoms with Crippen molar-refractivity contribution in [1.29, 1.82) is 0 Å². The van der Waals surface area contributed by atoms with Crippen LogP contribution >= 0.6 is 11.8 Å². The maximum atomic E-state index is 12.3. The zero-order valence-corrected chi connectivity index (χ0v) is 13.2. The van der Waals surface area contributed by atoms with Gasteiger partial charge in [0.25, 0.3) is 0 Å². The van der Waals surface area contributed by atoms with Crippen molar-refractivity contribution in [2.45, 2.75) is 11.3 Å². The minimum Gasteiger partial charge on any atom is -0.396 e. The number of sulfonamides is 1. The number of nitrogens with zero attached hydrogens (tertiary/aromatic N) is 1. The normalized spacial score (nSPS) is 11.9. The molecule has 5 nitrogen and oxygen atoms in total. The Bertz CT molecular complexity index is 684. The fraction of sp³-hybridized carbons (Fsp3) is 0.357. The molecular formula is C14H18N2O3S2. The van der Waals surface area contributed by atoms with Gasteiger partial charge in [-0.15, -0.1) is 0 Å². The first-order valence-corrected chi connectivity index (χ1v) is 9.31. The highest BCUT2D eigenvalue weighted by Crippen LogP contribution is 2.20. The summed E-state index contributed by atoms with van der Waals surface area (Å²) in [6, 6.07) is 8.56. The van der Waals surface area contributed by atoms with E-state index in [2.05, 4.69) is 9.71 Å². The molecule has 0 saturated carbocycles. The summed E-state index contributed by atoms with van der Waals surface area (Å²) in [5.74, 6) is 1.51. The van der Waals surface area contributed by atoms with E-state index in [9.17, 15) is 8.42 Å². The highest BCUT2D eigenvalue weighted by Gasteiger charge is 2.16. The Morgan fingerprint density at radius 2 is 2.05 bits per heavy atom. The predicted octanol–water partition coefficient (Wildman–Crippen LogP) is 1.63. The van der Waals surface area contributed by atoms with Crippen LogP contribution in [-0.4, -0.2) is 43.2 Å². The molecule has 1 aromatic carbocycles. The lowest BCUT2D eigenvalue weighted by Gasteiger charge is -2.09. The molecule has 0 aliphatic heterocycles. The molecule has 0 aliphatic rings. The molecule has 0 fully saturated rings. The maximum Gasteiger partial charge on any atom is 0.241 e. The van der Waals surface area contributed by atoms with E-state index >= 15 is 0 Å². The number of thioether (sulfide) groups is 1. The first kappa shape index (κ1) is 16.2. The number of hydrogen-bond donors (Lipinski definition) is 2. The summed E-state index contributed by atoms with van der Waals surface area (Å²) in [4.78, 5) is 4.42. The lowest BCUT2D eigenvalue weighted by Crippen LogP contribution is -2.26. The van der Waals surface area contributed by atoms with E-state index < -0.39 is 10.0 Å². The van der Waals surface area contributed by atoms with Gasteiger partial charge in [0.05, 0.1) is 10.4 Å². The Hall–Kier alpha value is -1.15. The second-order valence-electron chi connectivity index (χ2n) is 4.41. The van der Waals surface area contributed by atoms with Crippen LogP contribution < -0.4 is 4.72 Å². The fourth-order valence-electron chi connectivity index (χ4n) is 1.90. The zero-order valence-electron chi connectivity index (χ0n) is 11.5. The van der Waals surface area contributed by atoms with Gasteiger partial charge in [0.2, 0.25) is 10.0 Å². The molecule has 1 heterocycles. The standard InChI is InChI=1S/C14H18N2O3S2/c17-9-3-10-20-11-8-16-21(18,19)14-6-1-5-13-12(14)4-2-7-15-13/h1-2,4-7,16-17H,3,8-11H2. The quantitative estimate of drug-likeness (QED) is 0.721. The van der Waals surface area contributed by atoms with E-state index in [1.807, 2.05) is 0 Å². The molecule has 0 saturated heterocycles. The average molecular weight is 326 g/mol. The van der Waals surface area contributed by atoms with Crippen molar-refractivity contribution in [2.24, 2.45) is 0 Å². The predicted molar refractivity (Wildman–Crippen MR) is 86.0 cm³/mol. The molecule has 21 heavy (non-hydrogen) atoms. The van der Waals surface area contributed by atoms with E-state index in [4.69, 9.17) is 5.11 Å². The molecule has 0 unspecified atom stereocenters. The monoisotopic (exact) mass is 326 g/mol. The van der Waals surface area contributed by atoms with Crippen molar-refractivity contribution >= 4 is 32.7 Å². The van der Waals surface area contributed by atoms with Crippen molar-refractivity contribution in [1.82, 2.24) is 9.71 Å². The summed E-state index contributed by atoms with van der Waals surface area (Å²) in [6.07, 6.45) is 2.37. The average Bonchev–Trinajstić information content (AvgIpc) is 2.50. The van der Waals surface area contributed by atoms with E-state index in [-0.39, 0.29) is 11.5 Å². The van der Waals surface area contributed by atoms with Crippen LogP contribution in [0.5, 0.6) is 0 Å². The molecule has 2 N–H and O–H groups in total. The SMILES string of the molecule is O=S(=O)(NCCSCCCO)c1cccc2ncccc12. The van der Waals surface area contributed by atoms with E-state index in [0.29, 0.717) is 23.2 Å². The van der Waals surface area contributed by atoms with Crippen molar-refractivity contribution in [3.05, 3.63) is 36.5 Å². The van der Waals surface area contributed by atoms with Gasteiger partial charge in [-0.2, -0.15) is 11.8 Å². The van der Waals surface area contributed by atoms with Crippen LogP contribution in [0, 0.1) is 0 Å². The molecule has 0 atom stereocenters. The maximum absolute atomic E-state index is 12.3. The fourth-order valence-corrected chi connectivity index (χ4v) is 4.06. The Morgan fingerprint density at radius 1 is 1.19 bits per heavy atom. The number of aliphatic hydroxyl groups excluding tert-OH is 1. The number of benzene rings is 1. The molecule has 2 rings (SSSR count). The summed E-state index contributed by atoms with van der Waals surface area (Å²) in [6.45, 7) is 0.539. The summed E-state index contributed by atoms with van der Waals surface area (Å²) < 4.78 is 27.3. The van der Waals surface area contributed by atoms with Gasteiger partial charge in [-0.1, -0.05) is 6.07 Å². The summed E-state index contributed by atoms with van der Waals surface area (Å²) >= 11 is 1.62. The van der Waals surface area contributed by atoms with Crippen molar-refractivity contribution in [3.8, 4) is 0 Å². The highest BCUT2D eigenvalue weighted by atomic mass is 32.2. The number of fused-ring (bicyclic) bond motifs is 1. The Kier molecular flexibility index (Phi) is 5.98. The first-order valence-electron chi connectivity index (χ1n) is 6.67. The third kappa shape index (κ3) is 4.41. The van der Waals surface area contributed by atoms with Gasteiger partial charge in [-0.25, -0.2) is 13.1 Å². The Balaban J connectivity index is 2.05. The van der Waals surface area contributed by atoms with Gasteiger partial charge in [0, 0.05) is 30.5 Å². The number of pyridine rings is 1. The topological polar surface area (TPSA) is 79.3 Å². The second kappa shape index (κ2) is 7.74. The Labute approximate surface area is 128 Å². The minimum atomic E-state index is -3.53. The summed E-state index contributed by atoms with van der Waals surface area (Å²) in [7, 11) is -3.53. The van der Waals surface area contributed by atoms with Gasteiger partial charge < -0.3 is 5.11 Å².